The minimum atomic E-state index is -1.01. The predicted molar refractivity (Wildman–Crippen MR) is 134 cm³/mol. The molecule has 0 aliphatic heterocycles. The highest BCUT2D eigenvalue weighted by Crippen LogP contribution is 2.30. The molecule has 5 heteroatoms. The molecule has 0 fully saturated rings. The summed E-state index contributed by atoms with van der Waals surface area (Å²) in [5.74, 6) is 5.08. The summed E-state index contributed by atoms with van der Waals surface area (Å²) in [6.45, 7) is 0.237. The number of aromatic carboxylic acids is 1. The van der Waals surface area contributed by atoms with Gasteiger partial charge in [-0.15, -0.1) is 0 Å². The average molecular weight is 461 g/mol. The van der Waals surface area contributed by atoms with Crippen LogP contribution in [0.4, 0.5) is 4.39 Å². The Morgan fingerprint density at radius 2 is 1.74 bits per heavy atom. The molecule has 0 unspecified atom stereocenters. The number of aromatic nitrogens is 1. The van der Waals surface area contributed by atoms with E-state index in [-0.39, 0.29) is 17.9 Å². The summed E-state index contributed by atoms with van der Waals surface area (Å²) in [7, 11) is 0. The molecule has 0 aliphatic carbocycles. The van der Waals surface area contributed by atoms with Crippen molar-refractivity contribution in [1.29, 1.82) is 0 Å². The van der Waals surface area contributed by atoms with Gasteiger partial charge < -0.3 is 14.8 Å². The van der Waals surface area contributed by atoms with Gasteiger partial charge in [0.25, 0.3) is 0 Å². The summed E-state index contributed by atoms with van der Waals surface area (Å²) in [5.41, 5.74) is 4.76. The fraction of sp³-hybridized carbons (Fsp3) is 0.0333. The van der Waals surface area contributed by atoms with Crippen molar-refractivity contribution in [2.45, 2.75) is 6.61 Å². The van der Waals surface area contributed by atoms with Crippen LogP contribution in [-0.2, 0) is 6.61 Å². The molecule has 0 atom stereocenters. The lowest BCUT2D eigenvalue weighted by Crippen LogP contribution is -2.01. The van der Waals surface area contributed by atoms with Crippen molar-refractivity contribution >= 4 is 16.9 Å². The highest BCUT2D eigenvalue weighted by molar-refractivity contribution is 5.99. The fourth-order valence-corrected chi connectivity index (χ4v) is 3.90. The number of nitrogens with one attached hydrogen (secondary N) is 1. The van der Waals surface area contributed by atoms with E-state index in [0.717, 1.165) is 27.6 Å². The Morgan fingerprint density at radius 3 is 2.54 bits per heavy atom. The van der Waals surface area contributed by atoms with Crippen LogP contribution in [0.15, 0.2) is 97.2 Å². The number of hydrogen-bond acceptors (Lipinski definition) is 2. The Labute approximate surface area is 201 Å². The molecule has 5 rings (SSSR count). The lowest BCUT2D eigenvalue weighted by Gasteiger charge is -2.10. The van der Waals surface area contributed by atoms with E-state index in [1.54, 1.807) is 30.3 Å². The number of carbonyl (C=O) groups is 1. The number of carboxylic acid groups (broad SMARTS) is 1. The van der Waals surface area contributed by atoms with Crippen LogP contribution in [0.2, 0.25) is 0 Å². The highest BCUT2D eigenvalue weighted by Gasteiger charge is 2.15. The van der Waals surface area contributed by atoms with E-state index < -0.39 is 11.8 Å². The lowest BCUT2D eigenvalue weighted by molar-refractivity contribution is 0.0697. The molecule has 0 saturated heterocycles. The smallest absolute Gasteiger partial charge is 0.336 e. The minimum Gasteiger partial charge on any atom is -0.486 e. The first-order valence-corrected chi connectivity index (χ1v) is 11.0. The topological polar surface area (TPSA) is 62.3 Å². The molecule has 0 amide bonds. The van der Waals surface area contributed by atoms with E-state index in [1.165, 1.54) is 6.07 Å². The summed E-state index contributed by atoms with van der Waals surface area (Å²) >= 11 is 0. The van der Waals surface area contributed by atoms with Crippen molar-refractivity contribution in [3.8, 4) is 28.7 Å². The second-order valence-electron chi connectivity index (χ2n) is 7.98. The van der Waals surface area contributed by atoms with Crippen LogP contribution in [-0.4, -0.2) is 16.1 Å². The van der Waals surface area contributed by atoms with Gasteiger partial charge >= 0.3 is 5.97 Å². The second-order valence-corrected chi connectivity index (χ2v) is 7.98. The first-order valence-electron chi connectivity index (χ1n) is 11.0. The number of H-pyrrole nitrogens is 1. The van der Waals surface area contributed by atoms with Crippen molar-refractivity contribution in [2.24, 2.45) is 0 Å². The number of benzene rings is 4. The summed E-state index contributed by atoms with van der Waals surface area (Å²) in [5, 5.41) is 10.8. The third kappa shape index (κ3) is 4.78. The number of fused-ring (bicyclic) bond motifs is 1. The van der Waals surface area contributed by atoms with Crippen LogP contribution in [0.3, 0.4) is 0 Å². The third-order valence-corrected chi connectivity index (χ3v) is 5.66. The molecule has 35 heavy (non-hydrogen) atoms. The zero-order chi connectivity index (χ0) is 24.2. The van der Waals surface area contributed by atoms with E-state index in [4.69, 9.17) is 4.74 Å². The van der Waals surface area contributed by atoms with Gasteiger partial charge in [-0.2, -0.15) is 0 Å². The highest BCUT2D eigenvalue weighted by atomic mass is 19.1. The average Bonchev–Trinajstić information content (AvgIpc) is 3.35. The SMILES string of the molecule is O=C(O)c1cccc(C#Cc2ccc(COc3ccccc3F)cc2)c1-c1ccc2cc[nH]c2c1. The van der Waals surface area contributed by atoms with Gasteiger partial charge in [0.15, 0.2) is 11.6 Å². The largest absolute Gasteiger partial charge is 0.486 e. The Morgan fingerprint density at radius 1 is 0.914 bits per heavy atom. The van der Waals surface area contributed by atoms with E-state index in [2.05, 4.69) is 16.8 Å². The minimum absolute atomic E-state index is 0.198. The summed E-state index contributed by atoms with van der Waals surface area (Å²) in [6.07, 6.45) is 1.85. The maximum atomic E-state index is 13.7. The van der Waals surface area contributed by atoms with Gasteiger partial charge in [-0.1, -0.05) is 54.3 Å². The second kappa shape index (κ2) is 9.58. The Balaban J connectivity index is 1.42. The summed E-state index contributed by atoms with van der Waals surface area (Å²) in [6, 6.07) is 26.6. The van der Waals surface area contributed by atoms with Crippen LogP contribution >= 0.6 is 0 Å². The fourth-order valence-electron chi connectivity index (χ4n) is 3.90. The molecule has 170 valence electrons. The number of aromatic amines is 1. The molecule has 4 nitrogen and oxygen atoms in total. The number of rotatable bonds is 5. The first-order chi connectivity index (χ1) is 17.1. The first kappa shape index (κ1) is 22.0. The standard InChI is InChI=1S/C30H20FNO3/c31-26-6-1-2-7-28(26)35-19-21-10-8-20(9-11-21)12-13-23-4-3-5-25(30(33)34)29(23)24-15-14-22-16-17-32-27(22)18-24/h1-11,14-18,32H,19H2,(H,33,34). The quantitative estimate of drug-likeness (QED) is 0.288. The molecule has 0 bridgehead atoms. The van der Waals surface area contributed by atoms with Crippen LogP contribution in [0.25, 0.3) is 22.0 Å². The van der Waals surface area contributed by atoms with Crippen molar-refractivity contribution in [2.75, 3.05) is 0 Å². The van der Waals surface area contributed by atoms with Gasteiger partial charge in [-0.05, 0) is 65.0 Å². The van der Waals surface area contributed by atoms with E-state index >= 15 is 0 Å². The molecular formula is C30H20FNO3. The Bertz CT molecular complexity index is 1590. The predicted octanol–water partition coefficient (Wildman–Crippen LogP) is 6.65. The molecule has 1 aromatic heterocycles. The van der Waals surface area contributed by atoms with Crippen molar-refractivity contribution in [3.05, 3.63) is 125 Å². The number of hydrogen-bond donors (Lipinski definition) is 2. The third-order valence-electron chi connectivity index (χ3n) is 5.66. The maximum absolute atomic E-state index is 13.7. The molecule has 0 aliphatic rings. The molecule has 2 N–H and O–H groups in total. The molecule has 0 spiro atoms. The lowest BCUT2D eigenvalue weighted by atomic mass is 9.93. The van der Waals surface area contributed by atoms with Gasteiger partial charge in [0, 0.05) is 28.4 Å². The van der Waals surface area contributed by atoms with Crippen LogP contribution in [0.5, 0.6) is 5.75 Å². The van der Waals surface area contributed by atoms with Crippen molar-refractivity contribution in [3.63, 3.8) is 0 Å². The van der Waals surface area contributed by atoms with Gasteiger partial charge in [-0.3, -0.25) is 0 Å². The number of halogens is 1. The van der Waals surface area contributed by atoms with Gasteiger partial charge in [0.2, 0.25) is 0 Å². The monoisotopic (exact) mass is 461 g/mol. The number of para-hydroxylation sites is 1. The molecule has 5 aromatic rings. The normalized spacial score (nSPS) is 10.5. The zero-order valence-corrected chi connectivity index (χ0v) is 18.6. The molecule has 0 radical (unpaired) electrons. The van der Waals surface area contributed by atoms with E-state index in [0.29, 0.717) is 11.1 Å². The van der Waals surface area contributed by atoms with Crippen molar-refractivity contribution in [1.82, 2.24) is 4.98 Å². The Hall–Kier alpha value is -4.82. The van der Waals surface area contributed by atoms with Crippen LogP contribution in [0, 0.1) is 17.7 Å². The van der Waals surface area contributed by atoms with Crippen LogP contribution in [0.1, 0.15) is 27.0 Å². The molecule has 1 heterocycles. The van der Waals surface area contributed by atoms with Crippen molar-refractivity contribution < 1.29 is 19.0 Å². The van der Waals surface area contributed by atoms with Gasteiger partial charge in [0.05, 0.1) is 5.56 Å². The number of ether oxygens (including phenoxy) is 1. The van der Waals surface area contributed by atoms with Crippen LogP contribution < -0.4 is 4.74 Å². The summed E-state index contributed by atoms with van der Waals surface area (Å²) in [4.78, 5) is 15.1. The van der Waals surface area contributed by atoms with E-state index in [9.17, 15) is 14.3 Å². The Kier molecular flexibility index (Phi) is 6.02. The zero-order valence-electron chi connectivity index (χ0n) is 18.6. The van der Waals surface area contributed by atoms with Gasteiger partial charge in [-0.25, -0.2) is 9.18 Å². The molecule has 0 saturated carbocycles. The van der Waals surface area contributed by atoms with Gasteiger partial charge in [0.1, 0.15) is 6.61 Å². The summed E-state index contributed by atoms with van der Waals surface area (Å²) < 4.78 is 19.3. The number of carboxylic acids is 1. The van der Waals surface area contributed by atoms with E-state index in [1.807, 2.05) is 60.8 Å². The molecule has 4 aromatic carbocycles. The molecular weight excluding hydrogens is 441 g/mol. The maximum Gasteiger partial charge on any atom is 0.336 e.